The van der Waals surface area contributed by atoms with Crippen LogP contribution in [0.3, 0.4) is 0 Å². The molecular weight excluding hydrogens is 319 g/mol. The Kier molecular flexibility index (Phi) is 4.86. The molecule has 0 aliphatic heterocycles. The van der Waals surface area contributed by atoms with E-state index in [9.17, 15) is 4.79 Å². The van der Waals surface area contributed by atoms with Crippen molar-refractivity contribution in [2.75, 3.05) is 0 Å². The Morgan fingerprint density at radius 1 is 1.10 bits per heavy atom. The number of benzene rings is 1. The third-order valence-electron chi connectivity index (χ3n) is 2.75. The van der Waals surface area contributed by atoms with Gasteiger partial charge in [0.05, 0.1) is 11.1 Å². The van der Waals surface area contributed by atoms with Crippen molar-refractivity contribution >= 4 is 40.7 Å². The van der Waals surface area contributed by atoms with Gasteiger partial charge in [0.25, 0.3) is 5.91 Å². The van der Waals surface area contributed by atoms with Crippen LogP contribution in [0.15, 0.2) is 36.4 Å². The molecule has 6 heteroatoms. The largest absolute Gasteiger partial charge is 0.344 e. The number of hydrogen-bond donors (Lipinski definition) is 1. The van der Waals surface area contributed by atoms with E-state index in [1.807, 2.05) is 25.1 Å². The maximum Gasteiger partial charge on any atom is 0.271 e. The molecule has 1 N–H and O–H groups in total. The van der Waals surface area contributed by atoms with Crippen LogP contribution in [0.25, 0.3) is 0 Å². The first kappa shape index (κ1) is 15.1. The first-order chi connectivity index (χ1) is 9.49. The third-order valence-corrected chi connectivity index (χ3v) is 3.61. The van der Waals surface area contributed by atoms with Gasteiger partial charge in [0.1, 0.15) is 10.8 Å². The number of carbonyl (C=O) groups excluding carboxylic acids is 1. The number of halogens is 3. The normalized spacial score (nSPS) is 12.0. The second kappa shape index (κ2) is 6.44. The van der Waals surface area contributed by atoms with Crippen LogP contribution in [0.1, 0.15) is 29.0 Å². The highest BCUT2D eigenvalue weighted by Crippen LogP contribution is 2.23. The van der Waals surface area contributed by atoms with E-state index < -0.39 is 5.91 Å². The van der Waals surface area contributed by atoms with E-state index in [2.05, 4.69) is 10.3 Å². The molecule has 2 aromatic rings. The summed E-state index contributed by atoms with van der Waals surface area (Å²) < 4.78 is 0. The molecule has 0 bridgehead atoms. The average Bonchev–Trinajstić information content (AvgIpc) is 2.41. The van der Waals surface area contributed by atoms with Crippen molar-refractivity contribution < 1.29 is 4.79 Å². The van der Waals surface area contributed by atoms with Gasteiger partial charge in [-0.1, -0.05) is 53.0 Å². The Morgan fingerprint density at radius 2 is 1.80 bits per heavy atom. The van der Waals surface area contributed by atoms with Crippen molar-refractivity contribution in [2.24, 2.45) is 0 Å². The highest BCUT2D eigenvalue weighted by Gasteiger charge is 2.17. The monoisotopic (exact) mass is 328 g/mol. The number of hydrogen-bond acceptors (Lipinski definition) is 2. The van der Waals surface area contributed by atoms with Crippen LogP contribution in [0.5, 0.6) is 0 Å². The van der Waals surface area contributed by atoms with Gasteiger partial charge in [-0.05, 0) is 30.7 Å². The van der Waals surface area contributed by atoms with Crippen LogP contribution in [-0.2, 0) is 0 Å². The van der Waals surface area contributed by atoms with Gasteiger partial charge >= 0.3 is 0 Å². The topological polar surface area (TPSA) is 42.0 Å². The molecule has 0 saturated carbocycles. The quantitative estimate of drug-likeness (QED) is 0.840. The predicted molar refractivity (Wildman–Crippen MR) is 81.6 cm³/mol. The Labute approximate surface area is 131 Å². The van der Waals surface area contributed by atoms with Crippen molar-refractivity contribution in [1.29, 1.82) is 0 Å². The summed E-state index contributed by atoms with van der Waals surface area (Å²) in [5.74, 6) is -0.398. The molecule has 3 nitrogen and oxygen atoms in total. The van der Waals surface area contributed by atoms with Gasteiger partial charge in [0.15, 0.2) is 0 Å². The van der Waals surface area contributed by atoms with Crippen LogP contribution in [0.4, 0.5) is 0 Å². The summed E-state index contributed by atoms with van der Waals surface area (Å²) in [7, 11) is 0. The van der Waals surface area contributed by atoms with E-state index >= 15 is 0 Å². The molecule has 2 rings (SSSR count). The molecule has 1 aromatic heterocycles. The average molecular weight is 330 g/mol. The van der Waals surface area contributed by atoms with Crippen LogP contribution < -0.4 is 5.32 Å². The van der Waals surface area contributed by atoms with Crippen LogP contribution in [0, 0.1) is 0 Å². The number of carbonyl (C=O) groups is 1. The zero-order valence-corrected chi connectivity index (χ0v) is 12.8. The molecule has 1 heterocycles. The molecular formula is C14H11Cl3N2O. The van der Waals surface area contributed by atoms with Crippen molar-refractivity contribution in [3.8, 4) is 0 Å². The van der Waals surface area contributed by atoms with E-state index in [1.165, 1.54) is 12.1 Å². The van der Waals surface area contributed by atoms with Gasteiger partial charge in [0, 0.05) is 5.02 Å². The first-order valence-electron chi connectivity index (χ1n) is 5.86. The fraction of sp³-hybridized carbons (Fsp3) is 0.143. The molecule has 0 spiro atoms. The molecule has 0 aliphatic carbocycles. The third kappa shape index (κ3) is 3.42. The maximum absolute atomic E-state index is 12.2. The Balaban J connectivity index is 2.20. The Morgan fingerprint density at radius 3 is 2.50 bits per heavy atom. The number of rotatable bonds is 3. The number of nitrogens with one attached hydrogen (secondary N) is 1. The lowest BCUT2D eigenvalue weighted by Crippen LogP contribution is -2.28. The van der Waals surface area contributed by atoms with Crippen molar-refractivity contribution in [2.45, 2.75) is 13.0 Å². The van der Waals surface area contributed by atoms with Gasteiger partial charge < -0.3 is 5.32 Å². The minimum absolute atomic E-state index is 0.0954. The molecule has 1 atom stereocenters. The minimum Gasteiger partial charge on any atom is -0.344 e. The van der Waals surface area contributed by atoms with Gasteiger partial charge in [-0.15, -0.1) is 0 Å². The minimum atomic E-state index is -0.398. The zero-order chi connectivity index (χ0) is 14.7. The standard InChI is InChI=1S/C14H11Cl3N2O/c1-8(9-4-2-3-5-10(9)15)18-14(20)13-11(16)6-7-12(17)19-13/h2-8H,1H3,(H,18,20). The Hall–Kier alpha value is -1.29. The van der Waals surface area contributed by atoms with Crippen molar-refractivity contribution in [3.05, 3.63) is 62.9 Å². The van der Waals surface area contributed by atoms with Crippen LogP contribution in [0.2, 0.25) is 15.2 Å². The highest BCUT2D eigenvalue weighted by atomic mass is 35.5. The summed E-state index contributed by atoms with van der Waals surface area (Å²) in [5, 5.41) is 3.84. The molecule has 104 valence electrons. The van der Waals surface area contributed by atoms with Crippen LogP contribution >= 0.6 is 34.8 Å². The van der Waals surface area contributed by atoms with E-state index in [-0.39, 0.29) is 21.9 Å². The number of pyridine rings is 1. The van der Waals surface area contributed by atoms with E-state index in [4.69, 9.17) is 34.8 Å². The number of nitrogens with zero attached hydrogens (tertiary/aromatic N) is 1. The lowest BCUT2D eigenvalue weighted by molar-refractivity contribution is 0.0935. The molecule has 1 unspecified atom stereocenters. The molecule has 1 amide bonds. The maximum atomic E-state index is 12.2. The predicted octanol–water partition coefficient (Wildman–Crippen LogP) is 4.53. The summed E-state index contributed by atoms with van der Waals surface area (Å²) in [4.78, 5) is 16.1. The second-order valence-electron chi connectivity index (χ2n) is 4.18. The van der Waals surface area contributed by atoms with Crippen LogP contribution in [-0.4, -0.2) is 10.9 Å². The number of aromatic nitrogens is 1. The summed E-state index contributed by atoms with van der Waals surface area (Å²) in [6.45, 7) is 1.83. The lowest BCUT2D eigenvalue weighted by Gasteiger charge is -2.15. The second-order valence-corrected chi connectivity index (χ2v) is 5.38. The van der Waals surface area contributed by atoms with Crippen molar-refractivity contribution in [1.82, 2.24) is 10.3 Å². The summed E-state index contributed by atoms with van der Waals surface area (Å²) >= 11 is 17.8. The summed E-state index contributed by atoms with van der Waals surface area (Å²) in [5.41, 5.74) is 0.915. The fourth-order valence-electron chi connectivity index (χ4n) is 1.75. The van der Waals surface area contributed by atoms with Gasteiger partial charge in [-0.3, -0.25) is 4.79 Å². The lowest BCUT2D eigenvalue weighted by atomic mass is 10.1. The molecule has 1 aromatic carbocycles. The van der Waals surface area contributed by atoms with Crippen molar-refractivity contribution in [3.63, 3.8) is 0 Å². The Bertz CT molecular complexity index is 646. The van der Waals surface area contributed by atoms with Gasteiger partial charge in [-0.2, -0.15) is 0 Å². The zero-order valence-electron chi connectivity index (χ0n) is 10.5. The summed E-state index contributed by atoms with van der Waals surface area (Å²) in [6, 6.07) is 10.1. The molecule has 0 radical (unpaired) electrons. The molecule has 0 saturated heterocycles. The number of amides is 1. The highest BCUT2D eigenvalue weighted by molar-refractivity contribution is 6.34. The van der Waals surface area contributed by atoms with E-state index in [1.54, 1.807) is 6.07 Å². The summed E-state index contributed by atoms with van der Waals surface area (Å²) in [6.07, 6.45) is 0. The van der Waals surface area contributed by atoms with E-state index in [0.29, 0.717) is 5.02 Å². The first-order valence-corrected chi connectivity index (χ1v) is 6.99. The smallest absolute Gasteiger partial charge is 0.271 e. The van der Waals surface area contributed by atoms with Gasteiger partial charge in [-0.25, -0.2) is 4.98 Å². The SMILES string of the molecule is CC(NC(=O)c1nc(Cl)ccc1Cl)c1ccccc1Cl. The fourth-order valence-corrected chi connectivity index (χ4v) is 2.38. The van der Waals surface area contributed by atoms with E-state index in [0.717, 1.165) is 5.56 Å². The molecule has 20 heavy (non-hydrogen) atoms. The van der Waals surface area contributed by atoms with Gasteiger partial charge in [0.2, 0.25) is 0 Å². The molecule has 0 fully saturated rings. The molecule has 0 aliphatic rings.